The minimum absolute atomic E-state index is 0.413. The zero-order chi connectivity index (χ0) is 14.4. The zero-order valence-electron chi connectivity index (χ0n) is 13.5. The average Bonchev–Trinajstić information content (AvgIpc) is 2.48. The van der Waals surface area contributed by atoms with Gasteiger partial charge in [-0.25, -0.2) is 0 Å². The van der Waals surface area contributed by atoms with E-state index in [0.717, 1.165) is 24.7 Å². The van der Waals surface area contributed by atoms with Crippen LogP contribution in [0.2, 0.25) is 0 Å². The SMILES string of the molecule is CCCOc1ccc([C@]2(CCC)CCCC[C@@H]2C)cc1. The summed E-state index contributed by atoms with van der Waals surface area (Å²) in [5.74, 6) is 1.82. The highest BCUT2D eigenvalue weighted by Gasteiger charge is 2.38. The topological polar surface area (TPSA) is 9.23 Å². The van der Waals surface area contributed by atoms with Gasteiger partial charge in [-0.2, -0.15) is 0 Å². The van der Waals surface area contributed by atoms with E-state index in [2.05, 4.69) is 45.0 Å². The van der Waals surface area contributed by atoms with Crippen LogP contribution in [0.25, 0.3) is 0 Å². The monoisotopic (exact) mass is 274 g/mol. The van der Waals surface area contributed by atoms with E-state index in [1.165, 1.54) is 44.1 Å². The third-order valence-electron chi connectivity index (χ3n) is 5.05. The summed E-state index contributed by atoms with van der Waals surface area (Å²) in [6.07, 6.45) is 9.20. The summed E-state index contributed by atoms with van der Waals surface area (Å²) >= 11 is 0. The molecular formula is C19H30O. The van der Waals surface area contributed by atoms with Crippen molar-refractivity contribution in [1.29, 1.82) is 0 Å². The molecule has 20 heavy (non-hydrogen) atoms. The van der Waals surface area contributed by atoms with E-state index in [1.807, 2.05) is 0 Å². The summed E-state index contributed by atoms with van der Waals surface area (Å²) in [6, 6.07) is 8.98. The van der Waals surface area contributed by atoms with E-state index < -0.39 is 0 Å². The second kappa shape index (κ2) is 7.15. The fourth-order valence-corrected chi connectivity index (χ4v) is 3.91. The van der Waals surface area contributed by atoms with Gasteiger partial charge in [0.1, 0.15) is 5.75 Å². The summed E-state index contributed by atoms with van der Waals surface area (Å²) in [4.78, 5) is 0. The second-order valence-corrected chi connectivity index (χ2v) is 6.43. The Morgan fingerprint density at radius 1 is 1.10 bits per heavy atom. The van der Waals surface area contributed by atoms with Gasteiger partial charge in [0.15, 0.2) is 0 Å². The minimum atomic E-state index is 0.413. The van der Waals surface area contributed by atoms with Gasteiger partial charge in [-0.1, -0.05) is 52.2 Å². The summed E-state index contributed by atoms with van der Waals surface area (Å²) in [7, 11) is 0. The Morgan fingerprint density at radius 3 is 2.45 bits per heavy atom. The van der Waals surface area contributed by atoms with Gasteiger partial charge in [0, 0.05) is 0 Å². The van der Waals surface area contributed by atoms with Gasteiger partial charge >= 0.3 is 0 Å². The number of benzene rings is 1. The van der Waals surface area contributed by atoms with Crippen LogP contribution in [0.15, 0.2) is 24.3 Å². The van der Waals surface area contributed by atoms with Crippen molar-refractivity contribution in [2.24, 2.45) is 5.92 Å². The smallest absolute Gasteiger partial charge is 0.119 e. The largest absolute Gasteiger partial charge is 0.494 e. The van der Waals surface area contributed by atoms with Crippen LogP contribution in [-0.2, 0) is 5.41 Å². The molecule has 1 aromatic rings. The fourth-order valence-electron chi connectivity index (χ4n) is 3.91. The molecule has 2 rings (SSSR count). The minimum Gasteiger partial charge on any atom is -0.494 e. The van der Waals surface area contributed by atoms with Crippen LogP contribution < -0.4 is 4.74 Å². The summed E-state index contributed by atoms with van der Waals surface area (Å²) < 4.78 is 5.72. The van der Waals surface area contributed by atoms with E-state index in [4.69, 9.17) is 4.74 Å². The third kappa shape index (κ3) is 3.19. The van der Waals surface area contributed by atoms with E-state index in [0.29, 0.717) is 5.41 Å². The lowest BCUT2D eigenvalue weighted by Crippen LogP contribution is -2.36. The van der Waals surface area contributed by atoms with Crippen LogP contribution in [0, 0.1) is 5.92 Å². The Bertz CT molecular complexity index is 391. The van der Waals surface area contributed by atoms with Crippen LogP contribution in [-0.4, -0.2) is 6.61 Å². The number of rotatable bonds is 6. The first kappa shape index (κ1) is 15.4. The van der Waals surface area contributed by atoms with Gasteiger partial charge < -0.3 is 4.74 Å². The fraction of sp³-hybridized carbons (Fsp3) is 0.684. The molecule has 0 heterocycles. The van der Waals surface area contributed by atoms with Crippen LogP contribution in [0.1, 0.15) is 71.3 Å². The first-order valence-electron chi connectivity index (χ1n) is 8.46. The molecule has 2 atom stereocenters. The summed E-state index contributed by atoms with van der Waals surface area (Å²) in [5.41, 5.74) is 1.95. The molecule has 0 amide bonds. The quantitative estimate of drug-likeness (QED) is 0.644. The van der Waals surface area contributed by atoms with Crippen LogP contribution in [0.4, 0.5) is 0 Å². The van der Waals surface area contributed by atoms with E-state index in [9.17, 15) is 0 Å². The number of hydrogen-bond donors (Lipinski definition) is 0. The molecule has 0 aromatic heterocycles. The van der Waals surface area contributed by atoms with Gasteiger partial charge in [0.05, 0.1) is 6.61 Å². The van der Waals surface area contributed by atoms with Gasteiger partial charge in [-0.15, -0.1) is 0 Å². The lowest BCUT2D eigenvalue weighted by molar-refractivity contribution is 0.184. The summed E-state index contributed by atoms with van der Waals surface area (Å²) in [5, 5.41) is 0. The molecule has 1 aliphatic rings. The van der Waals surface area contributed by atoms with Gasteiger partial charge in [-0.05, 0) is 54.7 Å². The maximum Gasteiger partial charge on any atom is 0.119 e. The molecule has 1 heteroatoms. The molecule has 0 aliphatic heterocycles. The number of hydrogen-bond acceptors (Lipinski definition) is 1. The molecule has 0 unspecified atom stereocenters. The predicted molar refractivity (Wildman–Crippen MR) is 86.4 cm³/mol. The zero-order valence-corrected chi connectivity index (χ0v) is 13.5. The van der Waals surface area contributed by atoms with Crippen molar-refractivity contribution >= 4 is 0 Å². The normalized spacial score (nSPS) is 26.4. The van der Waals surface area contributed by atoms with E-state index in [-0.39, 0.29) is 0 Å². The van der Waals surface area contributed by atoms with Crippen LogP contribution in [0.3, 0.4) is 0 Å². The van der Waals surface area contributed by atoms with Crippen molar-refractivity contribution in [3.63, 3.8) is 0 Å². The van der Waals surface area contributed by atoms with Gasteiger partial charge in [0.25, 0.3) is 0 Å². The molecule has 1 nitrogen and oxygen atoms in total. The maximum absolute atomic E-state index is 5.72. The molecule has 1 aromatic carbocycles. The van der Waals surface area contributed by atoms with Crippen molar-refractivity contribution in [3.8, 4) is 5.75 Å². The van der Waals surface area contributed by atoms with Crippen LogP contribution >= 0.6 is 0 Å². The Labute approximate surface area is 124 Å². The molecular weight excluding hydrogens is 244 g/mol. The van der Waals surface area contributed by atoms with Crippen molar-refractivity contribution in [2.75, 3.05) is 6.61 Å². The first-order valence-corrected chi connectivity index (χ1v) is 8.46. The Morgan fingerprint density at radius 2 is 1.85 bits per heavy atom. The Hall–Kier alpha value is -0.980. The highest BCUT2D eigenvalue weighted by molar-refractivity contribution is 5.33. The van der Waals surface area contributed by atoms with E-state index in [1.54, 1.807) is 0 Å². The van der Waals surface area contributed by atoms with Gasteiger partial charge in [-0.3, -0.25) is 0 Å². The maximum atomic E-state index is 5.72. The molecule has 0 bridgehead atoms. The lowest BCUT2D eigenvalue weighted by atomic mass is 9.61. The highest BCUT2D eigenvalue weighted by Crippen LogP contribution is 2.47. The Balaban J connectivity index is 2.20. The van der Waals surface area contributed by atoms with Crippen molar-refractivity contribution in [1.82, 2.24) is 0 Å². The van der Waals surface area contributed by atoms with Crippen molar-refractivity contribution in [2.45, 2.75) is 71.1 Å². The first-order chi connectivity index (χ1) is 9.73. The molecule has 0 radical (unpaired) electrons. The van der Waals surface area contributed by atoms with Crippen LogP contribution in [0.5, 0.6) is 5.75 Å². The average molecular weight is 274 g/mol. The molecule has 0 N–H and O–H groups in total. The molecule has 0 saturated heterocycles. The van der Waals surface area contributed by atoms with Gasteiger partial charge in [0.2, 0.25) is 0 Å². The number of ether oxygens (including phenoxy) is 1. The second-order valence-electron chi connectivity index (χ2n) is 6.43. The van der Waals surface area contributed by atoms with Crippen molar-refractivity contribution in [3.05, 3.63) is 29.8 Å². The molecule has 112 valence electrons. The predicted octanol–water partition coefficient (Wildman–Crippen LogP) is 5.72. The molecule has 1 saturated carbocycles. The van der Waals surface area contributed by atoms with Crippen molar-refractivity contribution < 1.29 is 4.74 Å². The lowest BCUT2D eigenvalue weighted by Gasteiger charge is -2.43. The highest BCUT2D eigenvalue weighted by atomic mass is 16.5. The third-order valence-corrected chi connectivity index (χ3v) is 5.05. The standard InChI is InChI=1S/C19H30O/c1-4-13-19(14-7-6-8-16(19)3)17-9-11-18(12-10-17)20-15-5-2/h9-12,16H,4-8,13-15H2,1-3H3/t16-,19+/m0/s1. The Kier molecular flexibility index (Phi) is 5.51. The van der Waals surface area contributed by atoms with E-state index >= 15 is 0 Å². The molecule has 1 fully saturated rings. The summed E-state index contributed by atoms with van der Waals surface area (Å²) in [6.45, 7) is 7.74. The molecule has 0 spiro atoms. The molecule has 1 aliphatic carbocycles.